The highest BCUT2D eigenvalue weighted by Gasteiger charge is 2.55. The van der Waals surface area contributed by atoms with Crippen LogP contribution in [-0.2, 0) is 4.79 Å². The van der Waals surface area contributed by atoms with Crippen molar-refractivity contribution < 1.29 is 9.59 Å². The molecule has 0 radical (unpaired) electrons. The third-order valence-electron chi connectivity index (χ3n) is 12.0. The van der Waals surface area contributed by atoms with Gasteiger partial charge in [0.05, 0.1) is 17.3 Å². The summed E-state index contributed by atoms with van der Waals surface area (Å²) in [6, 6.07) is 31.4. The number of fused-ring (bicyclic) bond motifs is 5. The van der Waals surface area contributed by atoms with E-state index in [1.165, 1.54) is 35.3 Å². The topological polar surface area (TPSA) is 58.5 Å². The van der Waals surface area contributed by atoms with Gasteiger partial charge in [-0.2, -0.15) is 0 Å². The molecule has 1 aliphatic heterocycles. The van der Waals surface area contributed by atoms with Crippen molar-refractivity contribution in [1.82, 2.24) is 0 Å². The first-order valence-electron chi connectivity index (χ1n) is 17.7. The molecule has 48 heavy (non-hydrogen) atoms. The Morgan fingerprint density at radius 1 is 0.708 bits per heavy atom. The van der Waals surface area contributed by atoms with Crippen molar-refractivity contribution in [2.24, 2.45) is 34.1 Å². The van der Waals surface area contributed by atoms with Gasteiger partial charge in [-0.15, -0.1) is 0 Å². The molecule has 4 fully saturated rings. The Bertz CT molecular complexity index is 2230. The SMILES string of the molecule is C1=CNc2ccccc2N=C1.CC1C(=O)C(C23CC4CC(CC(C4)C2)C3)=c2ccc3c(c2C1=O)C(c1ccccc1)C=c1ccccc1=3. The maximum absolute atomic E-state index is 14.1. The van der Waals surface area contributed by atoms with Crippen LogP contribution in [0, 0.1) is 39.5 Å². The van der Waals surface area contributed by atoms with E-state index in [0.29, 0.717) is 0 Å². The summed E-state index contributed by atoms with van der Waals surface area (Å²) in [5.41, 5.74) is 6.14. The van der Waals surface area contributed by atoms with Gasteiger partial charge in [0.15, 0.2) is 11.6 Å². The van der Waals surface area contributed by atoms with Gasteiger partial charge in [0.25, 0.3) is 0 Å². The Hall–Kier alpha value is -4.83. The summed E-state index contributed by atoms with van der Waals surface area (Å²) < 4.78 is 0. The molecule has 0 amide bonds. The third kappa shape index (κ3) is 4.68. The second-order valence-corrected chi connectivity index (χ2v) is 14.9. The maximum Gasteiger partial charge on any atom is 0.174 e. The fraction of sp³-hybridized carbons (Fsp3) is 0.295. The summed E-state index contributed by atoms with van der Waals surface area (Å²) in [6.45, 7) is 1.87. The molecule has 4 heteroatoms. The van der Waals surface area contributed by atoms with Crippen molar-refractivity contribution in [2.45, 2.75) is 51.4 Å². The third-order valence-corrected chi connectivity index (χ3v) is 12.0. The van der Waals surface area contributed by atoms with Gasteiger partial charge in [-0.1, -0.05) is 84.9 Å². The monoisotopic (exact) mass is 628 g/mol. The van der Waals surface area contributed by atoms with E-state index in [0.717, 1.165) is 75.5 Å². The number of anilines is 1. The molecule has 4 bridgehead atoms. The smallest absolute Gasteiger partial charge is 0.174 e. The molecule has 0 saturated heterocycles. The molecule has 4 aromatic carbocycles. The number of nitrogens with zero attached hydrogens (tertiary/aromatic N) is 1. The van der Waals surface area contributed by atoms with Crippen LogP contribution < -0.4 is 15.8 Å². The zero-order valence-corrected chi connectivity index (χ0v) is 27.4. The number of carbonyl (C=O) groups is 2. The highest BCUT2D eigenvalue weighted by Crippen LogP contribution is 2.63. The fourth-order valence-corrected chi connectivity index (χ4v) is 10.4. The molecule has 0 spiro atoms. The van der Waals surface area contributed by atoms with Crippen molar-refractivity contribution in [3.63, 3.8) is 0 Å². The lowest BCUT2D eigenvalue weighted by molar-refractivity contribution is -0.118. The summed E-state index contributed by atoms with van der Waals surface area (Å²) in [5.74, 6) is 1.75. The predicted octanol–water partition coefficient (Wildman–Crippen LogP) is 8.00. The van der Waals surface area contributed by atoms with E-state index in [2.05, 4.69) is 77.0 Å². The van der Waals surface area contributed by atoms with Gasteiger partial charge in [0, 0.05) is 34.9 Å². The van der Waals surface area contributed by atoms with Gasteiger partial charge in [0.2, 0.25) is 0 Å². The van der Waals surface area contributed by atoms with E-state index in [1.54, 1.807) is 6.21 Å². The first-order chi connectivity index (χ1) is 23.5. The molecular formula is C44H40N2O2. The van der Waals surface area contributed by atoms with Crippen molar-refractivity contribution in [3.8, 4) is 0 Å². The molecule has 6 aliphatic carbocycles. The van der Waals surface area contributed by atoms with Crippen LogP contribution in [0.2, 0.25) is 0 Å². The van der Waals surface area contributed by atoms with E-state index in [9.17, 15) is 9.59 Å². The van der Waals surface area contributed by atoms with Crippen LogP contribution in [0.15, 0.2) is 108 Å². The minimum Gasteiger partial charge on any atom is -0.360 e. The molecule has 1 N–H and O–H groups in total. The van der Waals surface area contributed by atoms with Crippen molar-refractivity contribution in [3.05, 3.63) is 141 Å². The summed E-state index contributed by atoms with van der Waals surface area (Å²) in [4.78, 5) is 32.4. The van der Waals surface area contributed by atoms with Gasteiger partial charge in [-0.25, -0.2) is 0 Å². The minimum absolute atomic E-state index is 0.0111. The summed E-state index contributed by atoms with van der Waals surface area (Å²) in [7, 11) is 0. The number of hydrogen-bond donors (Lipinski definition) is 1. The Labute approximate surface area is 281 Å². The average molecular weight is 629 g/mol. The van der Waals surface area contributed by atoms with Crippen LogP contribution in [0.1, 0.15) is 72.9 Å². The minimum atomic E-state index is -0.601. The number of nitrogens with one attached hydrogen (secondary N) is 1. The number of ketones is 2. The Morgan fingerprint density at radius 3 is 2.15 bits per heavy atom. The Balaban J connectivity index is 0.000000242. The van der Waals surface area contributed by atoms with Crippen LogP contribution >= 0.6 is 0 Å². The standard InChI is InChI=1S/C35H32O2.C9H8N2/c1-20-33(36)31-28(32(34(20)37)35-17-21-13-22(18-35)15-23(14-21)19-35)12-11-27-26-10-6-5-9-25(26)16-29(30(27)31)24-7-3-2-4-8-24;1-2-5-9-8(4-1)10-6-3-7-11-9/h2-12,16,20-23,29H,13-15,17-19H2,1H3;1-7,10H. The number of benzene rings is 4. The normalized spacial score (nSPS) is 28.5. The number of Topliss-reactive ketones (excluding diaryl/α,β-unsaturated/α-hetero) is 2. The highest BCUT2D eigenvalue weighted by molar-refractivity contribution is 6.30. The maximum atomic E-state index is 14.1. The molecule has 1 heterocycles. The second-order valence-electron chi connectivity index (χ2n) is 14.9. The predicted molar refractivity (Wildman–Crippen MR) is 192 cm³/mol. The number of allylic oxidation sites excluding steroid dienone is 1. The van der Waals surface area contributed by atoms with Crippen LogP contribution in [-0.4, -0.2) is 17.8 Å². The molecule has 4 aromatic rings. The number of rotatable bonds is 2. The molecule has 11 rings (SSSR count). The van der Waals surface area contributed by atoms with Crippen LogP contribution in [0.25, 0.3) is 11.6 Å². The largest absolute Gasteiger partial charge is 0.360 e. The molecule has 0 aromatic heterocycles. The molecular weight excluding hydrogens is 588 g/mol. The summed E-state index contributed by atoms with van der Waals surface area (Å²) >= 11 is 0. The zero-order chi connectivity index (χ0) is 32.4. The highest BCUT2D eigenvalue weighted by atomic mass is 16.2. The van der Waals surface area contributed by atoms with E-state index in [4.69, 9.17) is 0 Å². The first-order valence-corrected chi connectivity index (χ1v) is 17.7. The van der Waals surface area contributed by atoms with Gasteiger partial charge in [-0.3, -0.25) is 14.6 Å². The first kappa shape index (κ1) is 29.3. The van der Waals surface area contributed by atoms with Crippen molar-refractivity contribution in [1.29, 1.82) is 0 Å². The lowest BCUT2D eigenvalue weighted by atomic mass is 9.46. The lowest BCUT2D eigenvalue weighted by Gasteiger charge is -2.58. The fourth-order valence-electron chi connectivity index (χ4n) is 10.4. The second kappa shape index (κ2) is 11.4. The van der Waals surface area contributed by atoms with Crippen LogP contribution in [0.5, 0.6) is 0 Å². The lowest BCUT2D eigenvalue weighted by Crippen LogP contribution is -2.52. The summed E-state index contributed by atoms with van der Waals surface area (Å²) in [5, 5.41) is 7.62. The summed E-state index contributed by atoms with van der Waals surface area (Å²) in [6.07, 6.45) is 15.3. The van der Waals surface area contributed by atoms with E-state index >= 15 is 0 Å². The Kier molecular flexibility index (Phi) is 6.97. The van der Waals surface area contributed by atoms with Crippen LogP contribution in [0.3, 0.4) is 0 Å². The quantitative estimate of drug-likeness (QED) is 0.229. The molecule has 2 atom stereocenters. The van der Waals surface area contributed by atoms with E-state index < -0.39 is 5.92 Å². The van der Waals surface area contributed by atoms with Gasteiger partial charge >= 0.3 is 0 Å². The van der Waals surface area contributed by atoms with Crippen molar-refractivity contribution >= 4 is 40.8 Å². The van der Waals surface area contributed by atoms with Gasteiger partial charge < -0.3 is 5.32 Å². The molecule has 7 aliphatic rings. The van der Waals surface area contributed by atoms with Crippen molar-refractivity contribution in [2.75, 3.05) is 5.32 Å². The van der Waals surface area contributed by atoms with Gasteiger partial charge in [-0.05, 0) is 113 Å². The number of carbonyl (C=O) groups excluding carboxylic acids is 2. The number of hydrogen-bond acceptors (Lipinski definition) is 4. The zero-order valence-electron chi connectivity index (χ0n) is 27.4. The molecule has 238 valence electrons. The van der Waals surface area contributed by atoms with E-state index in [-0.39, 0.29) is 22.9 Å². The molecule has 4 nitrogen and oxygen atoms in total. The molecule has 2 unspecified atom stereocenters. The van der Waals surface area contributed by atoms with Gasteiger partial charge in [0.1, 0.15) is 0 Å². The Morgan fingerprint density at radius 2 is 1.38 bits per heavy atom. The number of aliphatic imine (C=N–C) groups is 1. The molecule has 4 saturated carbocycles. The van der Waals surface area contributed by atoms with Crippen LogP contribution in [0.4, 0.5) is 11.4 Å². The number of para-hydroxylation sites is 2. The van der Waals surface area contributed by atoms with E-state index in [1.807, 2.05) is 49.5 Å². The average Bonchev–Trinajstić information content (AvgIpc) is 3.36.